The summed E-state index contributed by atoms with van der Waals surface area (Å²) in [6.45, 7) is 11.9. The molecule has 7 heteroatoms. The molecule has 1 aliphatic rings. The zero-order chi connectivity index (χ0) is 18.1. The quantitative estimate of drug-likeness (QED) is 0.842. The lowest BCUT2D eigenvalue weighted by molar-refractivity contribution is 0.807. The van der Waals surface area contributed by atoms with Crippen molar-refractivity contribution in [2.24, 2.45) is 10.7 Å². The third-order valence-electron chi connectivity index (χ3n) is 4.66. The summed E-state index contributed by atoms with van der Waals surface area (Å²) >= 11 is 0. The van der Waals surface area contributed by atoms with E-state index in [4.69, 9.17) is 21.1 Å². The maximum absolute atomic E-state index is 7.98. The molecule has 0 bridgehead atoms. The Balaban J connectivity index is 2.26. The van der Waals surface area contributed by atoms with Gasteiger partial charge in [-0.1, -0.05) is 0 Å². The van der Waals surface area contributed by atoms with E-state index in [9.17, 15) is 0 Å². The van der Waals surface area contributed by atoms with Crippen LogP contribution in [0.4, 0.5) is 11.6 Å². The summed E-state index contributed by atoms with van der Waals surface area (Å²) in [5.74, 6) is 2.35. The number of aliphatic imine (C=N–C) groups is 1. The number of nitrogens with one attached hydrogen (secondary N) is 1. The van der Waals surface area contributed by atoms with Gasteiger partial charge in [0.05, 0.1) is 11.0 Å². The van der Waals surface area contributed by atoms with Crippen LogP contribution < -0.4 is 15.5 Å². The minimum atomic E-state index is 0.188. The lowest BCUT2D eigenvalue weighted by Crippen LogP contribution is -2.30. The second-order valence-corrected chi connectivity index (χ2v) is 5.95. The summed E-state index contributed by atoms with van der Waals surface area (Å²) < 4.78 is 0. The molecular formula is C18H25N7. The average Bonchev–Trinajstić information content (AvgIpc) is 2.89. The minimum absolute atomic E-state index is 0.188. The molecule has 3 N–H and O–H groups in total. The zero-order valence-corrected chi connectivity index (χ0v) is 15.3. The van der Waals surface area contributed by atoms with E-state index >= 15 is 0 Å². The van der Waals surface area contributed by atoms with E-state index < -0.39 is 0 Å². The zero-order valence-electron chi connectivity index (χ0n) is 15.3. The van der Waals surface area contributed by atoms with Crippen LogP contribution in [0.5, 0.6) is 0 Å². The van der Waals surface area contributed by atoms with Crippen LogP contribution in [0.15, 0.2) is 17.1 Å². The van der Waals surface area contributed by atoms with Gasteiger partial charge in [-0.15, -0.1) is 0 Å². The number of hydrogen-bond acceptors (Lipinski definition) is 6. The van der Waals surface area contributed by atoms with Crippen molar-refractivity contribution in [3.05, 3.63) is 23.3 Å². The first kappa shape index (κ1) is 17.1. The molecule has 0 aliphatic carbocycles. The number of aromatic nitrogens is 2. The Morgan fingerprint density at radius 2 is 1.28 bits per heavy atom. The van der Waals surface area contributed by atoms with Gasteiger partial charge in [-0.2, -0.15) is 0 Å². The molecule has 0 spiro atoms. The predicted molar refractivity (Wildman–Crippen MR) is 104 cm³/mol. The highest BCUT2D eigenvalue weighted by molar-refractivity contribution is 6.22. The standard InChI is InChI=1S/C18H25N7/c1-5-24(6-2)17-18(25(7-3)8-4)22-14-10-12-11(9-13(14)21-17)15(19)23-16(12)20/h9-10H,5-8H2,1-4H3,(H3,19,20,23). The Hall–Kier alpha value is -2.70. The highest BCUT2D eigenvalue weighted by Crippen LogP contribution is 2.30. The monoisotopic (exact) mass is 339 g/mol. The van der Waals surface area contributed by atoms with Gasteiger partial charge < -0.3 is 15.5 Å². The second-order valence-electron chi connectivity index (χ2n) is 5.95. The Morgan fingerprint density at radius 3 is 1.72 bits per heavy atom. The number of hydrogen-bond donors (Lipinski definition) is 2. The third kappa shape index (κ3) is 2.79. The molecule has 1 aromatic heterocycles. The predicted octanol–water partition coefficient (Wildman–Crippen LogP) is 2.37. The molecule has 1 aromatic carbocycles. The molecule has 0 saturated carbocycles. The van der Waals surface area contributed by atoms with E-state index in [0.717, 1.165) is 60.0 Å². The van der Waals surface area contributed by atoms with E-state index in [1.165, 1.54) is 0 Å². The van der Waals surface area contributed by atoms with Crippen LogP contribution in [-0.4, -0.2) is 47.8 Å². The minimum Gasteiger partial charge on any atom is -0.383 e. The maximum Gasteiger partial charge on any atom is 0.172 e. The Kier molecular flexibility index (Phi) is 4.57. The van der Waals surface area contributed by atoms with Crippen LogP contribution in [0.3, 0.4) is 0 Å². The number of benzene rings is 1. The van der Waals surface area contributed by atoms with Gasteiger partial charge >= 0.3 is 0 Å². The van der Waals surface area contributed by atoms with Crippen molar-refractivity contribution >= 4 is 34.3 Å². The van der Waals surface area contributed by atoms with Gasteiger partial charge in [-0.25, -0.2) is 15.0 Å². The highest BCUT2D eigenvalue weighted by atomic mass is 15.3. The molecule has 0 fully saturated rings. The molecule has 0 radical (unpaired) electrons. The summed E-state index contributed by atoms with van der Waals surface area (Å²) in [5, 5.41) is 7.98. The molecule has 0 saturated heterocycles. The first-order valence-corrected chi connectivity index (χ1v) is 8.83. The van der Waals surface area contributed by atoms with E-state index in [1.54, 1.807) is 0 Å². The number of nitrogens with zero attached hydrogens (tertiary/aromatic N) is 5. The van der Waals surface area contributed by atoms with E-state index in [-0.39, 0.29) is 5.84 Å². The number of fused-ring (bicyclic) bond motifs is 2. The summed E-state index contributed by atoms with van der Waals surface area (Å²) in [6.07, 6.45) is 0. The molecule has 0 atom stereocenters. The van der Waals surface area contributed by atoms with Crippen molar-refractivity contribution in [3.8, 4) is 0 Å². The summed E-state index contributed by atoms with van der Waals surface area (Å²) in [6, 6.07) is 3.78. The average molecular weight is 339 g/mol. The van der Waals surface area contributed by atoms with Crippen LogP contribution in [0.2, 0.25) is 0 Å². The molecule has 2 heterocycles. The van der Waals surface area contributed by atoms with Crippen molar-refractivity contribution in [1.82, 2.24) is 9.97 Å². The largest absolute Gasteiger partial charge is 0.383 e. The van der Waals surface area contributed by atoms with Crippen LogP contribution in [0.25, 0.3) is 11.0 Å². The van der Waals surface area contributed by atoms with Crippen molar-refractivity contribution in [2.75, 3.05) is 36.0 Å². The van der Waals surface area contributed by atoms with E-state index in [2.05, 4.69) is 42.5 Å². The van der Waals surface area contributed by atoms with Gasteiger partial charge in [0, 0.05) is 37.3 Å². The molecule has 3 rings (SSSR count). The van der Waals surface area contributed by atoms with Gasteiger partial charge in [0.25, 0.3) is 0 Å². The summed E-state index contributed by atoms with van der Waals surface area (Å²) in [4.78, 5) is 18.3. The number of anilines is 2. The van der Waals surface area contributed by atoms with Crippen LogP contribution >= 0.6 is 0 Å². The fourth-order valence-electron chi connectivity index (χ4n) is 3.20. The number of nitrogens with two attached hydrogens (primary N) is 1. The SMILES string of the molecule is CCN(CC)c1nc2cc3c(cc2nc1N(CC)CC)C(N)=NC3=N. The third-order valence-corrected chi connectivity index (χ3v) is 4.66. The topological polar surface area (TPSA) is 94.5 Å². The molecular weight excluding hydrogens is 314 g/mol. The van der Waals surface area contributed by atoms with Crippen LogP contribution in [0.1, 0.15) is 38.8 Å². The Labute approximate surface area is 148 Å². The normalized spacial score (nSPS) is 13.1. The Morgan fingerprint density at radius 1 is 0.840 bits per heavy atom. The first-order chi connectivity index (χ1) is 12.0. The summed E-state index contributed by atoms with van der Waals surface area (Å²) in [7, 11) is 0. The van der Waals surface area contributed by atoms with Gasteiger partial charge in [0.2, 0.25) is 0 Å². The Bertz CT molecular complexity index is 848. The van der Waals surface area contributed by atoms with E-state index in [0.29, 0.717) is 5.84 Å². The van der Waals surface area contributed by atoms with Gasteiger partial charge in [-0.05, 0) is 39.8 Å². The molecule has 132 valence electrons. The molecule has 1 aliphatic heterocycles. The first-order valence-electron chi connectivity index (χ1n) is 8.83. The second kappa shape index (κ2) is 6.66. The van der Waals surface area contributed by atoms with Gasteiger partial charge in [-0.3, -0.25) is 5.41 Å². The molecule has 7 nitrogen and oxygen atoms in total. The van der Waals surface area contributed by atoms with Gasteiger partial charge in [0.1, 0.15) is 5.84 Å². The fourth-order valence-corrected chi connectivity index (χ4v) is 3.20. The number of rotatable bonds is 6. The molecule has 0 amide bonds. The van der Waals surface area contributed by atoms with Gasteiger partial charge in [0.15, 0.2) is 17.5 Å². The van der Waals surface area contributed by atoms with Crippen molar-refractivity contribution in [1.29, 1.82) is 5.41 Å². The fraction of sp³-hybridized carbons (Fsp3) is 0.444. The maximum atomic E-state index is 7.98. The van der Waals surface area contributed by atoms with E-state index in [1.807, 2.05) is 12.1 Å². The van der Waals surface area contributed by atoms with Crippen molar-refractivity contribution in [2.45, 2.75) is 27.7 Å². The van der Waals surface area contributed by atoms with Crippen LogP contribution in [0, 0.1) is 5.41 Å². The highest BCUT2D eigenvalue weighted by Gasteiger charge is 2.23. The van der Waals surface area contributed by atoms with Crippen molar-refractivity contribution < 1.29 is 0 Å². The smallest absolute Gasteiger partial charge is 0.172 e. The molecule has 0 unspecified atom stereocenters. The lowest BCUT2D eigenvalue weighted by atomic mass is 10.1. The van der Waals surface area contributed by atoms with Crippen molar-refractivity contribution in [3.63, 3.8) is 0 Å². The number of amidine groups is 2. The molecule has 25 heavy (non-hydrogen) atoms. The van der Waals surface area contributed by atoms with Crippen LogP contribution in [-0.2, 0) is 0 Å². The summed E-state index contributed by atoms with van der Waals surface area (Å²) in [5.41, 5.74) is 8.99. The lowest BCUT2D eigenvalue weighted by Gasteiger charge is -2.28. The molecule has 2 aromatic rings.